The lowest BCUT2D eigenvalue weighted by Gasteiger charge is -2.27. The molecule has 0 unspecified atom stereocenters. The summed E-state index contributed by atoms with van der Waals surface area (Å²) >= 11 is 0. The van der Waals surface area contributed by atoms with Gasteiger partial charge in [0.15, 0.2) is 0 Å². The molecule has 0 N–H and O–H groups in total. The van der Waals surface area contributed by atoms with Gasteiger partial charge < -0.3 is 0 Å². The second kappa shape index (κ2) is 7.85. The van der Waals surface area contributed by atoms with E-state index in [1.807, 2.05) is 0 Å². The molecule has 2 nitrogen and oxygen atoms in total. The first-order chi connectivity index (χ1) is 15.4. The Morgan fingerprint density at radius 1 is 0.677 bits per heavy atom. The summed E-state index contributed by atoms with van der Waals surface area (Å²) in [5.41, 5.74) is 2.87. The smallest absolute Gasteiger partial charge is 0.235 e. The molecule has 1 heterocycles. The van der Waals surface area contributed by atoms with Gasteiger partial charge in [0.05, 0.1) is 0 Å². The summed E-state index contributed by atoms with van der Waals surface area (Å²) in [6.45, 7) is 1.99. The molecule has 0 radical (unpaired) electrons. The van der Waals surface area contributed by atoms with Crippen LogP contribution < -0.4 is 0 Å². The van der Waals surface area contributed by atoms with E-state index in [9.17, 15) is 0 Å². The molecule has 0 spiro atoms. The van der Waals surface area contributed by atoms with E-state index in [2.05, 4.69) is 101 Å². The molecule has 0 amide bonds. The van der Waals surface area contributed by atoms with Crippen LogP contribution in [0.5, 0.6) is 0 Å². The van der Waals surface area contributed by atoms with Gasteiger partial charge >= 0.3 is 0 Å². The quantitative estimate of drug-likeness (QED) is 0.358. The van der Waals surface area contributed by atoms with Crippen LogP contribution in [0.15, 0.2) is 84.9 Å². The standard InChI is InChI=1S/C29H29N2/c1-3-15-26-22(9-1)11-7-13-24(26)19-30-21-31(29-18-6-5-17-28(29)30)20-25-14-8-12-23-10-2-4-16-27(23)25/h1-4,7-16,21,28-29H,5-6,17-20H2/q+1/t28-,29-/m1/s1. The second-order valence-electron chi connectivity index (χ2n) is 9.16. The van der Waals surface area contributed by atoms with E-state index in [1.165, 1.54) is 58.4 Å². The predicted octanol–water partition coefficient (Wildman–Crippen LogP) is 6.36. The summed E-state index contributed by atoms with van der Waals surface area (Å²) in [6.07, 6.45) is 7.76. The van der Waals surface area contributed by atoms with Crippen LogP contribution in [-0.4, -0.2) is 27.9 Å². The Hall–Kier alpha value is -3.13. The van der Waals surface area contributed by atoms with Gasteiger partial charge in [-0.2, -0.15) is 0 Å². The predicted molar refractivity (Wildman–Crippen MR) is 130 cm³/mol. The van der Waals surface area contributed by atoms with E-state index < -0.39 is 0 Å². The van der Waals surface area contributed by atoms with Crippen molar-refractivity contribution < 1.29 is 4.58 Å². The maximum absolute atomic E-state index is 2.64. The number of fused-ring (bicyclic) bond motifs is 3. The van der Waals surface area contributed by atoms with Gasteiger partial charge in [0, 0.05) is 11.1 Å². The molecule has 4 aromatic rings. The van der Waals surface area contributed by atoms with Crippen molar-refractivity contribution in [2.75, 3.05) is 0 Å². The van der Waals surface area contributed by atoms with Gasteiger partial charge in [0.25, 0.3) is 0 Å². The Bertz CT molecular complexity index is 1260. The molecule has 154 valence electrons. The first-order valence-electron chi connectivity index (χ1n) is 11.7. The highest BCUT2D eigenvalue weighted by atomic mass is 15.3. The van der Waals surface area contributed by atoms with Crippen molar-refractivity contribution in [3.8, 4) is 0 Å². The maximum atomic E-state index is 2.64. The lowest BCUT2D eigenvalue weighted by Crippen LogP contribution is -2.40. The van der Waals surface area contributed by atoms with Crippen LogP contribution in [0.1, 0.15) is 36.8 Å². The average molecular weight is 406 g/mol. The third-order valence-corrected chi connectivity index (χ3v) is 7.31. The maximum Gasteiger partial charge on any atom is 0.235 e. The molecular formula is C29H29N2+. The highest BCUT2D eigenvalue weighted by molar-refractivity contribution is 5.86. The van der Waals surface area contributed by atoms with Crippen LogP contribution >= 0.6 is 0 Å². The number of hydrogen-bond donors (Lipinski definition) is 0. The van der Waals surface area contributed by atoms with Crippen molar-refractivity contribution >= 4 is 27.9 Å². The lowest BCUT2D eigenvalue weighted by atomic mass is 9.89. The van der Waals surface area contributed by atoms with Crippen molar-refractivity contribution in [2.24, 2.45) is 0 Å². The summed E-state index contributed by atoms with van der Waals surface area (Å²) in [4.78, 5) is 2.64. The molecular weight excluding hydrogens is 376 g/mol. The van der Waals surface area contributed by atoms with Crippen molar-refractivity contribution in [1.29, 1.82) is 0 Å². The molecule has 0 aromatic heterocycles. The van der Waals surface area contributed by atoms with Crippen LogP contribution in [0.2, 0.25) is 0 Å². The molecule has 6 rings (SSSR count). The topological polar surface area (TPSA) is 6.25 Å². The van der Waals surface area contributed by atoms with Crippen LogP contribution in [0, 0.1) is 0 Å². The molecule has 1 aliphatic carbocycles. The van der Waals surface area contributed by atoms with Crippen molar-refractivity contribution in [2.45, 2.75) is 50.9 Å². The third kappa shape index (κ3) is 3.40. The zero-order valence-corrected chi connectivity index (χ0v) is 18.0. The van der Waals surface area contributed by atoms with E-state index in [0.29, 0.717) is 12.1 Å². The number of rotatable bonds is 4. The summed E-state index contributed by atoms with van der Waals surface area (Å²) in [5.74, 6) is 0. The van der Waals surface area contributed by atoms with Gasteiger partial charge in [-0.25, -0.2) is 0 Å². The Morgan fingerprint density at radius 3 is 2.06 bits per heavy atom. The lowest BCUT2D eigenvalue weighted by molar-refractivity contribution is -0.573. The van der Waals surface area contributed by atoms with Crippen LogP contribution in [0.3, 0.4) is 0 Å². The van der Waals surface area contributed by atoms with Crippen LogP contribution in [0.25, 0.3) is 21.5 Å². The third-order valence-electron chi connectivity index (χ3n) is 7.31. The minimum absolute atomic E-state index is 0.627. The fraction of sp³-hybridized carbons (Fsp3) is 0.276. The molecule has 2 atom stereocenters. The summed E-state index contributed by atoms with van der Waals surface area (Å²) in [6, 6.07) is 32.3. The van der Waals surface area contributed by atoms with Gasteiger partial charge in [-0.15, -0.1) is 0 Å². The molecule has 2 heteroatoms. The molecule has 1 saturated carbocycles. The first kappa shape index (κ1) is 18.6. The van der Waals surface area contributed by atoms with Crippen molar-refractivity contribution in [3.05, 3.63) is 96.1 Å². The highest BCUT2D eigenvalue weighted by Gasteiger charge is 2.43. The van der Waals surface area contributed by atoms with E-state index in [1.54, 1.807) is 0 Å². The zero-order valence-electron chi connectivity index (χ0n) is 18.0. The highest BCUT2D eigenvalue weighted by Crippen LogP contribution is 2.32. The van der Waals surface area contributed by atoms with Gasteiger partial charge in [-0.3, -0.25) is 9.48 Å². The van der Waals surface area contributed by atoms with Gasteiger partial charge in [-0.1, -0.05) is 84.9 Å². The van der Waals surface area contributed by atoms with Crippen molar-refractivity contribution in [3.63, 3.8) is 0 Å². The molecule has 4 aromatic carbocycles. The molecule has 31 heavy (non-hydrogen) atoms. The minimum Gasteiger partial charge on any atom is -0.257 e. The number of hydrogen-bond acceptors (Lipinski definition) is 1. The SMILES string of the molecule is C1=[N+](Cc2cccc3ccccc23)[C@@H]2CCCC[C@H]2N1Cc1cccc2ccccc12. The fourth-order valence-corrected chi connectivity index (χ4v) is 5.80. The van der Waals surface area contributed by atoms with E-state index in [4.69, 9.17) is 0 Å². The van der Waals surface area contributed by atoms with E-state index in [0.717, 1.165) is 13.1 Å². The minimum atomic E-state index is 0.627. The molecule has 1 fully saturated rings. The first-order valence-corrected chi connectivity index (χ1v) is 11.7. The number of benzene rings is 4. The van der Waals surface area contributed by atoms with Crippen molar-refractivity contribution in [1.82, 2.24) is 4.90 Å². The van der Waals surface area contributed by atoms with Gasteiger partial charge in [0.1, 0.15) is 25.2 Å². The average Bonchev–Trinajstić information content (AvgIpc) is 3.17. The Kier molecular flexibility index (Phi) is 4.71. The summed E-state index contributed by atoms with van der Waals surface area (Å²) < 4.78 is 2.64. The summed E-state index contributed by atoms with van der Waals surface area (Å²) in [7, 11) is 0. The fourth-order valence-electron chi connectivity index (χ4n) is 5.80. The van der Waals surface area contributed by atoms with Crippen LogP contribution in [-0.2, 0) is 13.1 Å². The Morgan fingerprint density at radius 2 is 1.29 bits per heavy atom. The van der Waals surface area contributed by atoms with E-state index in [-0.39, 0.29) is 0 Å². The normalized spacial score (nSPS) is 20.8. The molecule has 0 saturated heterocycles. The largest absolute Gasteiger partial charge is 0.257 e. The Balaban J connectivity index is 1.35. The van der Waals surface area contributed by atoms with E-state index >= 15 is 0 Å². The zero-order chi connectivity index (χ0) is 20.6. The molecule has 2 aliphatic rings. The number of nitrogens with zero attached hydrogens (tertiary/aromatic N) is 2. The molecule has 0 bridgehead atoms. The second-order valence-corrected chi connectivity index (χ2v) is 9.16. The summed E-state index contributed by atoms with van der Waals surface area (Å²) in [5, 5.41) is 5.45. The molecule has 1 aliphatic heterocycles. The monoisotopic (exact) mass is 405 g/mol. The van der Waals surface area contributed by atoms with Gasteiger partial charge in [-0.05, 0) is 47.2 Å². The van der Waals surface area contributed by atoms with Crippen LogP contribution in [0.4, 0.5) is 0 Å². The Labute approximate surface area is 184 Å². The van der Waals surface area contributed by atoms with Gasteiger partial charge in [0.2, 0.25) is 6.34 Å².